The van der Waals surface area contributed by atoms with Crippen LogP contribution in [0.25, 0.3) is 0 Å². The summed E-state index contributed by atoms with van der Waals surface area (Å²) in [5.41, 5.74) is -0.0353. The number of rotatable bonds is 5. The molecular weight excluding hydrogens is 408 g/mol. The van der Waals surface area contributed by atoms with Gasteiger partial charge in [-0.2, -0.15) is 0 Å². The molecule has 0 amide bonds. The van der Waals surface area contributed by atoms with Crippen molar-refractivity contribution in [3.63, 3.8) is 0 Å². The number of sulfonamides is 1. The first-order chi connectivity index (χ1) is 12.7. The van der Waals surface area contributed by atoms with E-state index in [-0.39, 0.29) is 21.1 Å². The van der Waals surface area contributed by atoms with Crippen LogP contribution in [0, 0.1) is 0 Å². The summed E-state index contributed by atoms with van der Waals surface area (Å²) in [4.78, 5) is 12.9. The number of hydrogen-bond acceptors (Lipinski definition) is 7. The predicted molar refractivity (Wildman–Crippen MR) is 107 cm³/mol. The van der Waals surface area contributed by atoms with Crippen molar-refractivity contribution >= 4 is 46.9 Å². The van der Waals surface area contributed by atoms with Crippen LogP contribution in [0.5, 0.6) is 11.5 Å². The van der Waals surface area contributed by atoms with Crippen molar-refractivity contribution in [2.75, 3.05) is 18.0 Å². The molecule has 1 aliphatic heterocycles. The Balaban J connectivity index is 2.37. The molecule has 1 heterocycles. The van der Waals surface area contributed by atoms with E-state index in [9.17, 15) is 18.3 Å². The van der Waals surface area contributed by atoms with Crippen molar-refractivity contribution < 1.29 is 23.1 Å². The zero-order valence-electron chi connectivity index (χ0n) is 14.1. The summed E-state index contributed by atoms with van der Waals surface area (Å²) >= 11 is 8.54. The zero-order valence-corrected chi connectivity index (χ0v) is 16.7. The Morgan fingerprint density at radius 2 is 1.70 bits per heavy atom. The number of para-hydroxylation sites is 1. The third-order valence-corrected chi connectivity index (χ3v) is 6.21. The Kier molecular flexibility index (Phi) is 5.61. The number of thiol groups is 2. The lowest BCUT2D eigenvalue weighted by Gasteiger charge is -2.26. The molecule has 0 unspecified atom stereocenters. The van der Waals surface area contributed by atoms with Gasteiger partial charge in [0.05, 0.1) is 11.3 Å². The maximum atomic E-state index is 12.3. The Bertz CT molecular complexity index is 988. The highest BCUT2D eigenvalue weighted by Crippen LogP contribution is 2.48. The number of nitrogens with zero attached hydrogens (tertiary/aromatic N) is 1. The van der Waals surface area contributed by atoms with Gasteiger partial charge in [0.25, 0.3) is 0 Å². The molecule has 0 radical (unpaired) electrons. The second kappa shape index (κ2) is 7.63. The molecule has 0 aromatic heterocycles. The first-order valence-electron chi connectivity index (χ1n) is 8.07. The lowest BCUT2D eigenvalue weighted by atomic mass is 10.1. The van der Waals surface area contributed by atoms with Gasteiger partial charge in [0.1, 0.15) is 10.6 Å². The average Bonchev–Trinajstić information content (AvgIpc) is 3.08. The van der Waals surface area contributed by atoms with Crippen molar-refractivity contribution in [2.24, 2.45) is 5.14 Å². The summed E-state index contributed by atoms with van der Waals surface area (Å²) in [6.45, 7) is 1.24. The minimum atomic E-state index is -4.33. The van der Waals surface area contributed by atoms with Gasteiger partial charge in [-0.1, -0.05) is 18.2 Å². The standard InChI is InChI=1S/C17H18N2O5S3/c18-27(22,23)16-13(24-10-6-2-1-3-7-10)12(19-8-4-5-9-19)14(25)11(15(16)26)17(20)21/h1-3,6-7,25-26H,4-5,8-9H2,(H,20,21)(H2,18,22,23). The Morgan fingerprint density at radius 1 is 1.11 bits per heavy atom. The summed E-state index contributed by atoms with van der Waals surface area (Å²) in [6, 6.07) is 8.56. The van der Waals surface area contributed by atoms with Gasteiger partial charge in [-0.25, -0.2) is 18.4 Å². The van der Waals surface area contributed by atoms with Crippen LogP contribution in [0.15, 0.2) is 45.0 Å². The van der Waals surface area contributed by atoms with Crippen LogP contribution >= 0.6 is 25.3 Å². The fourth-order valence-corrected chi connectivity index (χ4v) is 5.07. The fraction of sp³-hybridized carbons (Fsp3) is 0.235. The molecule has 27 heavy (non-hydrogen) atoms. The van der Waals surface area contributed by atoms with Gasteiger partial charge in [0.15, 0.2) is 5.75 Å². The largest absolute Gasteiger partial charge is 0.478 e. The van der Waals surface area contributed by atoms with Crippen molar-refractivity contribution in [3.8, 4) is 11.5 Å². The quantitative estimate of drug-likeness (QED) is 0.547. The summed E-state index contributed by atoms with van der Waals surface area (Å²) < 4.78 is 30.5. The van der Waals surface area contributed by atoms with E-state index in [1.807, 2.05) is 4.90 Å². The molecule has 0 atom stereocenters. The average molecular weight is 427 g/mol. The number of carbonyl (C=O) groups is 1. The van der Waals surface area contributed by atoms with Crippen LogP contribution in [0.2, 0.25) is 0 Å². The number of anilines is 1. The monoisotopic (exact) mass is 426 g/mol. The molecule has 1 aliphatic rings. The van der Waals surface area contributed by atoms with E-state index in [0.29, 0.717) is 24.5 Å². The number of primary sulfonamides is 1. The number of aromatic carboxylic acids is 1. The van der Waals surface area contributed by atoms with Gasteiger partial charge in [-0.3, -0.25) is 0 Å². The van der Waals surface area contributed by atoms with E-state index in [1.54, 1.807) is 30.3 Å². The van der Waals surface area contributed by atoms with Gasteiger partial charge in [0, 0.05) is 22.9 Å². The summed E-state index contributed by atoms with van der Waals surface area (Å²) in [5.74, 6) is -1.03. The van der Waals surface area contributed by atoms with E-state index in [4.69, 9.17) is 9.88 Å². The van der Waals surface area contributed by atoms with Gasteiger partial charge in [-0.15, -0.1) is 25.3 Å². The van der Waals surface area contributed by atoms with Crippen molar-refractivity contribution in [3.05, 3.63) is 35.9 Å². The normalized spacial score (nSPS) is 14.4. The number of carboxylic acid groups (broad SMARTS) is 1. The Hall–Kier alpha value is -1.88. The molecule has 10 heteroatoms. The number of hydrogen-bond donors (Lipinski definition) is 4. The second-order valence-electron chi connectivity index (χ2n) is 6.04. The summed E-state index contributed by atoms with van der Waals surface area (Å²) in [7, 11) is -4.33. The number of carboxylic acids is 1. The van der Waals surface area contributed by atoms with Gasteiger partial charge in [0.2, 0.25) is 10.0 Å². The molecule has 144 valence electrons. The van der Waals surface area contributed by atoms with Crippen LogP contribution in [0.3, 0.4) is 0 Å². The predicted octanol–water partition coefficient (Wildman–Crippen LogP) is 3.00. The molecular formula is C17H18N2O5S3. The van der Waals surface area contributed by atoms with Crippen LogP contribution < -0.4 is 14.8 Å². The van der Waals surface area contributed by atoms with Gasteiger partial charge in [-0.05, 0) is 25.0 Å². The smallest absolute Gasteiger partial charge is 0.338 e. The minimum Gasteiger partial charge on any atom is -0.478 e. The topological polar surface area (TPSA) is 110 Å². The highest BCUT2D eigenvalue weighted by Gasteiger charge is 2.34. The van der Waals surface area contributed by atoms with Crippen LogP contribution in [0.4, 0.5) is 5.69 Å². The van der Waals surface area contributed by atoms with Crippen LogP contribution in [-0.4, -0.2) is 32.6 Å². The molecule has 0 spiro atoms. The second-order valence-corrected chi connectivity index (χ2v) is 8.43. The first-order valence-corrected chi connectivity index (χ1v) is 10.5. The number of benzene rings is 2. The first kappa shape index (κ1) is 19.9. The maximum absolute atomic E-state index is 12.3. The molecule has 0 aliphatic carbocycles. The van der Waals surface area contributed by atoms with E-state index >= 15 is 0 Å². The van der Waals surface area contributed by atoms with E-state index in [2.05, 4.69) is 25.3 Å². The SMILES string of the molecule is NS(=O)(=O)c1c(S)c(C(=O)O)c(S)c(N2CCCC2)c1Oc1ccccc1. The van der Waals surface area contributed by atoms with Crippen molar-refractivity contribution in [1.82, 2.24) is 0 Å². The highest BCUT2D eigenvalue weighted by molar-refractivity contribution is 7.90. The fourth-order valence-electron chi connectivity index (χ4n) is 3.07. The molecule has 3 N–H and O–H groups in total. The number of nitrogens with two attached hydrogens (primary N) is 1. The Morgan fingerprint density at radius 3 is 2.22 bits per heavy atom. The van der Waals surface area contributed by atoms with Crippen molar-refractivity contribution in [2.45, 2.75) is 27.5 Å². The zero-order chi connectivity index (χ0) is 19.8. The molecule has 7 nitrogen and oxygen atoms in total. The highest BCUT2D eigenvalue weighted by atomic mass is 32.2. The molecule has 0 saturated carbocycles. The molecule has 1 saturated heterocycles. The van der Waals surface area contributed by atoms with Gasteiger partial charge >= 0.3 is 5.97 Å². The maximum Gasteiger partial charge on any atom is 0.338 e. The minimum absolute atomic E-state index is 0.0643. The van der Waals surface area contributed by atoms with Crippen molar-refractivity contribution in [1.29, 1.82) is 0 Å². The Labute approximate surface area is 168 Å². The molecule has 1 fully saturated rings. The lowest BCUT2D eigenvalue weighted by Crippen LogP contribution is -2.23. The summed E-state index contributed by atoms with van der Waals surface area (Å²) in [5, 5.41) is 15.0. The van der Waals surface area contributed by atoms with E-state index in [0.717, 1.165) is 12.8 Å². The molecule has 2 aromatic rings. The molecule has 2 aromatic carbocycles. The van der Waals surface area contributed by atoms with Gasteiger partial charge < -0.3 is 14.7 Å². The third kappa shape index (κ3) is 3.88. The van der Waals surface area contributed by atoms with E-state index in [1.165, 1.54) is 0 Å². The molecule has 0 bridgehead atoms. The van der Waals surface area contributed by atoms with E-state index < -0.39 is 20.9 Å². The van der Waals surface area contributed by atoms with Crippen LogP contribution in [-0.2, 0) is 10.0 Å². The molecule has 3 rings (SSSR count). The number of ether oxygens (including phenoxy) is 1. The summed E-state index contributed by atoms with van der Waals surface area (Å²) in [6.07, 6.45) is 1.77. The lowest BCUT2D eigenvalue weighted by molar-refractivity contribution is 0.0688. The van der Waals surface area contributed by atoms with Crippen LogP contribution in [0.1, 0.15) is 23.2 Å². The third-order valence-electron chi connectivity index (χ3n) is 4.22.